The van der Waals surface area contributed by atoms with Crippen molar-refractivity contribution in [2.75, 3.05) is 13.2 Å². The van der Waals surface area contributed by atoms with Gasteiger partial charge in [0.05, 0.1) is 25.4 Å². The van der Waals surface area contributed by atoms with Crippen molar-refractivity contribution in [3.05, 3.63) is 12.2 Å². The maximum Gasteiger partial charge on any atom is 0.305 e. The number of rotatable bonds is 52. The zero-order chi connectivity index (χ0) is 45.1. The van der Waals surface area contributed by atoms with Gasteiger partial charge >= 0.3 is 5.97 Å². The number of aliphatic hydroxyl groups is 2. The second-order valence-electron chi connectivity index (χ2n) is 19.3. The summed E-state index contributed by atoms with van der Waals surface area (Å²) in [5, 5.41) is 23.0. The van der Waals surface area contributed by atoms with Crippen molar-refractivity contribution in [3.63, 3.8) is 0 Å². The summed E-state index contributed by atoms with van der Waals surface area (Å²) in [4.78, 5) is 24.5. The second kappa shape index (κ2) is 52.2. The SMILES string of the molecule is CCCCCCCCCCCC/C=C/C(O)C(CO)NC(=O)CCCCCCCCCCCCCCCCCCOC(=O)CCCCCCCCCCCCCCCCCCC. The van der Waals surface area contributed by atoms with Gasteiger partial charge in [0.15, 0.2) is 0 Å². The van der Waals surface area contributed by atoms with Gasteiger partial charge in [-0.1, -0.05) is 276 Å². The average Bonchev–Trinajstić information content (AvgIpc) is 3.27. The van der Waals surface area contributed by atoms with Crippen LogP contribution in [0.2, 0.25) is 0 Å². The number of carbonyl (C=O) groups excluding carboxylic acids is 2. The number of esters is 1. The summed E-state index contributed by atoms with van der Waals surface area (Å²) in [5.41, 5.74) is 0. The maximum absolute atomic E-state index is 12.4. The molecule has 0 heterocycles. The molecule has 6 heteroatoms. The third kappa shape index (κ3) is 48.1. The number of aliphatic hydroxyl groups excluding tert-OH is 2. The van der Waals surface area contributed by atoms with Crippen LogP contribution in [0.15, 0.2) is 12.2 Å². The van der Waals surface area contributed by atoms with E-state index in [1.54, 1.807) is 6.08 Å². The van der Waals surface area contributed by atoms with Crippen molar-refractivity contribution in [2.45, 2.75) is 321 Å². The van der Waals surface area contributed by atoms with E-state index in [-0.39, 0.29) is 18.5 Å². The van der Waals surface area contributed by atoms with Gasteiger partial charge in [-0.25, -0.2) is 0 Å². The summed E-state index contributed by atoms with van der Waals surface area (Å²) >= 11 is 0. The van der Waals surface area contributed by atoms with E-state index in [4.69, 9.17) is 4.74 Å². The Hall–Kier alpha value is -1.40. The Kier molecular flexibility index (Phi) is 51.0. The number of unbranched alkanes of at least 4 members (excludes halogenated alkanes) is 41. The molecule has 0 saturated heterocycles. The maximum atomic E-state index is 12.4. The smallest absolute Gasteiger partial charge is 0.305 e. The number of hydrogen-bond acceptors (Lipinski definition) is 5. The highest BCUT2D eigenvalue weighted by Gasteiger charge is 2.18. The normalized spacial score (nSPS) is 12.6. The van der Waals surface area contributed by atoms with Crippen LogP contribution in [0.5, 0.6) is 0 Å². The Morgan fingerprint density at radius 1 is 0.435 bits per heavy atom. The first-order valence-corrected chi connectivity index (χ1v) is 28.0. The third-order valence-corrected chi connectivity index (χ3v) is 13.1. The Balaban J connectivity index is 3.40. The molecule has 3 N–H and O–H groups in total. The second-order valence-corrected chi connectivity index (χ2v) is 19.3. The van der Waals surface area contributed by atoms with Crippen LogP contribution in [0.3, 0.4) is 0 Å². The molecule has 0 bridgehead atoms. The van der Waals surface area contributed by atoms with Crippen LogP contribution in [-0.2, 0) is 14.3 Å². The van der Waals surface area contributed by atoms with E-state index in [0.29, 0.717) is 19.4 Å². The molecule has 0 spiro atoms. The molecule has 2 atom stereocenters. The topological polar surface area (TPSA) is 95.9 Å². The van der Waals surface area contributed by atoms with Crippen LogP contribution >= 0.6 is 0 Å². The summed E-state index contributed by atoms with van der Waals surface area (Å²) in [7, 11) is 0. The van der Waals surface area contributed by atoms with E-state index in [2.05, 4.69) is 19.2 Å². The molecule has 62 heavy (non-hydrogen) atoms. The predicted octanol–water partition coefficient (Wildman–Crippen LogP) is 16.9. The molecule has 0 aromatic rings. The van der Waals surface area contributed by atoms with Crippen molar-refractivity contribution in [1.29, 1.82) is 0 Å². The largest absolute Gasteiger partial charge is 0.466 e. The number of ether oxygens (including phenoxy) is 1. The van der Waals surface area contributed by atoms with Crippen molar-refractivity contribution in [3.8, 4) is 0 Å². The Bertz CT molecular complexity index is 924. The average molecular weight is 876 g/mol. The highest BCUT2D eigenvalue weighted by Crippen LogP contribution is 2.17. The van der Waals surface area contributed by atoms with Gasteiger partial charge < -0.3 is 20.3 Å². The predicted molar refractivity (Wildman–Crippen MR) is 269 cm³/mol. The van der Waals surface area contributed by atoms with E-state index in [1.807, 2.05) is 6.08 Å². The van der Waals surface area contributed by atoms with Crippen LogP contribution < -0.4 is 5.32 Å². The number of amides is 1. The minimum Gasteiger partial charge on any atom is -0.466 e. The summed E-state index contributed by atoms with van der Waals surface area (Å²) in [6, 6.07) is -0.631. The van der Waals surface area contributed by atoms with E-state index in [9.17, 15) is 19.8 Å². The molecule has 0 aromatic carbocycles. The van der Waals surface area contributed by atoms with Gasteiger partial charge in [0.1, 0.15) is 0 Å². The fraction of sp³-hybridized carbons (Fsp3) is 0.929. The molecule has 0 aromatic heterocycles. The van der Waals surface area contributed by atoms with E-state index in [1.165, 1.54) is 238 Å². The highest BCUT2D eigenvalue weighted by atomic mass is 16.5. The van der Waals surface area contributed by atoms with Crippen molar-refractivity contribution >= 4 is 11.9 Å². The van der Waals surface area contributed by atoms with Gasteiger partial charge in [-0.15, -0.1) is 0 Å². The molecule has 0 radical (unpaired) electrons. The fourth-order valence-corrected chi connectivity index (χ4v) is 8.75. The van der Waals surface area contributed by atoms with E-state index < -0.39 is 12.1 Å². The number of allylic oxidation sites excluding steroid dienone is 1. The Morgan fingerprint density at radius 2 is 0.742 bits per heavy atom. The lowest BCUT2D eigenvalue weighted by Gasteiger charge is -2.20. The third-order valence-electron chi connectivity index (χ3n) is 13.1. The zero-order valence-corrected chi connectivity index (χ0v) is 41.9. The van der Waals surface area contributed by atoms with Gasteiger partial charge in [-0.05, 0) is 32.1 Å². The minimum absolute atomic E-state index is 0.00628. The number of carbonyl (C=O) groups is 2. The molecular formula is C56H109NO5. The highest BCUT2D eigenvalue weighted by molar-refractivity contribution is 5.76. The molecule has 0 fully saturated rings. The summed E-state index contributed by atoms with van der Waals surface area (Å²) in [6.45, 7) is 4.90. The van der Waals surface area contributed by atoms with Crippen molar-refractivity contribution in [1.82, 2.24) is 5.32 Å². The van der Waals surface area contributed by atoms with Gasteiger partial charge in [-0.2, -0.15) is 0 Å². The van der Waals surface area contributed by atoms with Gasteiger partial charge in [0.25, 0.3) is 0 Å². The molecular weight excluding hydrogens is 767 g/mol. The standard InChI is InChI=1S/C56H109NO5/c1-3-5-7-9-11-13-15-17-18-19-23-26-30-34-38-42-46-50-56(61)62-51-47-43-39-35-31-27-24-21-20-22-25-29-33-37-41-45-49-55(60)57-53(52-58)54(59)48-44-40-36-32-28-16-14-12-10-8-6-4-2/h44,48,53-54,58-59H,3-43,45-47,49-52H2,1-2H3,(H,57,60)/b48-44+. The Morgan fingerprint density at radius 3 is 1.10 bits per heavy atom. The molecule has 0 rings (SSSR count). The first-order valence-electron chi connectivity index (χ1n) is 28.0. The van der Waals surface area contributed by atoms with Crippen molar-refractivity contribution < 1.29 is 24.5 Å². The van der Waals surface area contributed by atoms with Gasteiger partial charge in [0.2, 0.25) is 5.91 Å². The first kappa shape index (κ1) is 60.6. The summed E-state index contributed by atoms with van der Waals surface area (Å²) in [5.74, 6) is -0.0680. The quantitative estimate of drug-likeness (QED) is 0.0321. The molecule has 1 amide bonds. The van der Waals surface area contributed by atoms with Crippen LogP contribution in [-0.4, -0.2) is 47.4 Å². The lowest BCUT2D eigenvalue weighted by molar-refractivity contribution is -0.143. The molecule has 2 unspecified atom stereocenters. The molecule has 368 valence electrons. The molecule has 0 aliphatic heterocycles. The van der Waals surface area contributed by atoms with Gasteiger partial charge in [0, 0.05) is 12.8 Å². The van der Waals surface area contributed by atoms with Crippen molar-refractivity contribution in [2.24, 2.45) is 0 Å². The molecule has 0 aliphatic carbocycles. The lowest BCUT2D eigenvalue weighted by Crippen LogP contribution is -2.45. The van der Waals surface area contributed by atoms with Gasteiger partial charge in [-0.3, -0.25) is 9.59 Å². The van der Waals surface area contributed by atoms with E-state index >= 15 is 0 Å². The number of hydrogen-bond donors (Lipinski definition) is 3. The molecule has 6 nitrogen and oxygen atoms in total. The number of nitrogens with one attached hydrogen (secondary N) is 1. The van der Waals surface area contributed by atoms with Crippen LogP contribution in [0.1, 0.15) is 309 Å². The lowest BCUT2D eigenvalue weighted by atomic mass is 10.0. The summed E-state index contributed by atoms with van der Waals surface area (Å²) in [6.07, 6.45) is 60.8. The molecule has 0 aliphatic rings. The minimum atomic E-state index is -0.847. The van der Waals surface area contributed by atoms with E-state index in [0.717, 1.165) is 44.9 Å². The monoisotopic (exact) mass is 876 g/mol. The first-order chi connectivity index (χ1) is 30.5. The van der Waals surface area contributed by atoms with Crippen LogP contribution in [0.25, 0.3) is 0 Å². The molecule has 0 saturated carbocycles. The zero-order valence-electron chi connectivity index (χ0n) is 41.9. The fourth-order valence-electron chi connectivity index (χ4n) is 8.75. The Labute approximate surface area is 387 Å². The summed E-state index contributed by atoms with van der Waals surface area (Å²) < 4.78 is 5.48. The van der Waals surface area contributed by atoms with Crippen LogP contribution in [0, 0.1) is 0 Å². The van der Waals surface area contributed by atoms with Crippen LogP contribution in [0.4, 0.5) is 0 Å².